The van der Waals surface area contributed by atoms with Crippen LogP contribution in [0.1, 0.15) is 39.3 Å². The van der Waals surface area contributed by atoms with Gasteiger partial charge < -0.3 is 16.0 Å². The fourth-order valence-corrected chi connectivity index (χ4v) is 4.31. The van der Waals surface area contributed by atoms with Crippen LogP contribution in [0, 0.1) is 6.92 Å². The number of para-hydroxylation sites is 1. The van der Waals surface area contributed by atoms with E-state index in [9.17, 15) is 4.79 Å². The average Bonchev–Trinajstić information content (AvgIpc) is 3.35. The molecule has 150 valence electrons. The second-order valence-corrected chi connectivity index (χ2v) is 7.73. The van der Waals surface area contributed by atoms with Crippen LogP contribution in [-0.4, -0.2) is 20.9 Å². The summed E-state index contributed by atoms with van der Waals surface area (Å²) in [6, 6.07) is 15.9. The molecular weight excluding hydrogens is 374 g/mol. The largest absolute Gasteiger partial charge is 0.366 e. The summed E-state index contributed by atoms with van der Waals surface area (Å²) in [6.07, 6.45) is 3.04. The zero-order valence-electron chi connectivity index (χ0n) is 16.8. The molecule has 0 radical (unpaired) electrons. The van der Waals surface area contributed by atoms with E-state index in [-0.39, 0.29) is 0 Å². The number of hydrogen-bond acceptors (Lipinski definition) is 4. The van der Waals surface area contributed by atoms with Crippen molar-refractivity contribution >= 4 is 22.6 Å². The van der Waals surface area contributed by atoms with Crippen molar-refractivity contribution in [1.82, 2.24) is 15.0 Å². The van der Waals surface area contributed by atoms with Gasteiger partial charge in [0.1, 0.15) is 5.82 Å². The van der Waals surface area contributed by atoms with Gasteiger partial charge in [0.15, 0.2) is 5.82 Å². The molecule has 2 aromatic heterocycles. The van der Waals surface area contributed by atoms with E-state index in [1.807, 2.05) is 37.3 Å². The molecule has 0 spiro atoms. The molecule has 1 amide bonds. The molecule has 0 fully saturated rings. The zero-order chi connectivity index (χ0) is 20.7. The second kappa shape index (κ2) is 7.30. The van der Waals surface area contributed by atoms with Gasteiger partial charge in [-0.25, -0.2) is 9.97 Å². The van der Waals surface area contributed by atoms with Crippen LogP contribution in [0.2, 0.25) is 0 Å². The Morgan fingerprint density at radius 1 is 1.10 bits per heavy atom. The minimum Gasteiger partial charge on any atom is -0.366 e. The molecule has 30 heavy (non-hydrogen) atoms. The molecule has 6 nitrogen and oxygen atoms in total. The van der Waals surface area contributed by atoms with Crippen molar-refractivity contribution in [2.75, 3.05) is 5.32 Å². The normalized spacial score (nSPS) is 12.8. The maximum absolute atomic E-state index is 11.9. The molecule has 5 rings (SSSR count). The maximum atomic E-state index is 11.9. The summed E-state index contributed by atoms with van der Waals surface area (Å²) in [4.78, 5) is 25.0. The van der Waals surface area contributed by atoms with Crippen LogP contribution in [0.4, 0.5) is 5.82 Å². The van der Waals surface area contributed by atoms with Gasteiger partial charge in [-0.1, -0.05) is 42.5 Å². The van der Waals surface area contributed by atoms with Gasteiger partial charge in [-0.3, -0.25) is 4.79 Å². The molecule has 0 bridgehead atoms. The Labute approximate surface area is 174 Å². The SMILES string of the molecule is Cc1[nH]c2c(C(N)=O)cccc2c1-c1nc2c(c(NCc3ccccc3)n1)CCC2. The van der Waals surface area contributed by atoms with E-state index < -0.39 is 5.91 Å². The lowest BCUT2D eigenvalue weighted by Crippen LogP contribution is -2.11. The molecule has 1 aliphatic carbocycles. The van der Waals surface area contributed by atoms with Gasteiger partial charge in [-0.2, -0.15) is 0 Å². The molecular formula is C24H23N5O. The first-order chi connectivity index (χ1) is 14.6. The van der Waals surface area contributed by atoms with Gasteiger partial charge in [0.2, 0.25) is 0 Å². The van der Waals surface area contributed by atoms with Crippen LogP contribution in [0.5, 0.6) is 0 Å². The fourth-order valence-electron chi connectivity index (χ4n) is 4.31. The van der Waals surface area contributed by atoms with Gasteiger partial charge in [-0.15, -0.1) is 0 Å². The summed E-state index contributed by atoms with van der Waals surface area (Å²) in [6.45, 7) is 2.69. The van der Waals surface area contributed by atoms with Crippen molar-refractivity contribution in [3.8, 4) is 11.4 Å². The average molecular weight is 397 g/mol. The topological polar surface area (TPSA) is 96.7 Å². The summed E-state index contributed by atoms with van der Waals surface area (Å²) in [5.74, 6) is 1.13. The van der Waals surface area contributed by atoms with E-state index in [4.69, 9.17) is 15.7 Å². The number of hydrogen-bond donors (Lipinski definition) is 3. The molecule has 2 aromatic carbocycles. The molecule has 1 aliphatic rings. The number of H-pyrrole nitrogens is 1. The number of nitrogens with two attached hydrogens (primary N) is 1. The molecule has 6 heteroatoms. The minimum absolute atomic E-state index is 0.450. The van der Waals surface area contributed by atoms with Crippen molar-refractivity contribution in [3.05, 3.63) is 76.6 Å². The Morgan fingerprint density at radius 3 is 2.73 bits per heavy atom. The molecule has 0 saturated heterocycles. The van der Waals surface area contributed by atoms with E-state index in [0.717, 1.165) is 52.9 Å². The van der Waals surface area contributed by atoms with E-state index in [0.29, 0.717) is 17.9 Å². The summed E-state index contributed by atoms with van der Waals surface area (Å²) in [5.41, 5.74) is 12.2. The van der Waals surface area contributed by atoms with Crippen LogP contribution in [0.25, 0.3) is 22.3 Å². The van der Waals surface area contributed by atoms with Crippen molar-refractivity contribution in [1.29, 1.82) is 0 Å². The first-order valence-corrected chi connectivity index (χ1v) is 10.2. The smallest absolute Gasteiger partial charge is 0.250 e. The second-order valence-electron chi connectivity index (χ2n) is 7.73. The number of benzene rings is 2. The van der Waals surface area contributed by atoms with Crippen LogP contribution in [0.15, 0.2) is 48.5 Å². The summed E-state index contributed by atoms with van der Waals surface area (Å²) in [7, 11) is 0. The van der Waals surface area contributed by atoms with Crippen LogP contribution >= 0.6 is 0 Å². The highest BCUT2D eigenvalue weighted by Crippen LogP contribution is 2.35. The number of aromatic amines is 1. The predicted octanol–water partition coefficient (Wildman–Crippen LogP) is 4.13. The molecule has 4 aromatic rings. The number of amides is 1. The minimum atomic E-state index is -0.450. The van der Waals surface area contributed by atoms with E-state index in [2.05, 4.69) is 22.4 Å². The number of carbonyl (C=O) groups is 1. The third-order valence-corrected chi connectivity index (χ3v) is 5.75. The van der Waals surface area contributed by atoms with Gasteiger partial charge in [0, 0.05) is 34.4 Å². The van der Waals surface area contributed by atoms with Crippen LogP contribution in [0.3, 0.4) is 0 Å². The quantitative estimate of drug-likeness (QED) is 0.472. The molecule has 0 atom stereocenters. The maximum Gasteiger partial charge on any atom is 0.250 e. The van der Waals surface area contributed by atoms with Gasteiger partial charge in [0.05, 0.1) is 11.1 Å². The third kappa shape index (κ3) is 3.10. The summed E-state index contributed by atoms with van der Waals surface area (Å²) < 4.78 is 0. The first-order valence-electron chi connectivity index (χ1n) is 10.2. The van der Waals surface area contributed by atoms with E-state index in [1.165, 1.54) is 11.1 Å². The lowest BCUT2D eigenvalue weighted by Gasteiger charge is -2.13. The first kappa shape index (κ1) is 18.4. The standard InChI is InChI=1S/C24H23N5O/c1-14-20(17-10-5-11-18(22(25)30)21(17)27-14)24-28-19-12-6-9-16(19)23(29-24)26-13-15-7-3-2-4-8-15/h2-5,7-8,10-11,27H,6,9,12-13H2,1H3,(H2,25,30)(H,26,28,29). The molecule has 4 N–H and O–H groups in total. The van der Waals surface area contributed by atoms with Gasteiger partial charge in [0.25, 0.3) is 5.91 Å². The number of nitrogens with one attached hydrogen (secondary N) is 2. The Kier molecular flexibility index (Phi) is 4.47. The third-order valence-electron chi connectivity index (χ3n) is 5.75. The summed E-state index contributed by atoms with van der Waals surface area (Å²) >= 11 is 0. The van der Waals surface area contributed by atoms with Gasteiger partial charge >= 0.3 is 0 Å². The number of rotatable bonds is 5. The molecule has 0 aliphatic heterocycles. The van der Waals surface area contributed by atoms with Crippen molar-refractivity contribution < 1.29 is 4.79 Å². The van der Waals surface area contributed by atoms with Crippen molar-refractivity contribution in [3.63, 3.8) is 0 Å². The van der Waals surface area contributed by atoms with Gasteiger partial charge in [-0.05, 0) is 37.8 Å². The van der Waals surface area contributed by atoms with Crippen LogP contribution in [-0.2, 0) is 19.4 Å². The molecule has 0 saturated carbocycles. The number of anilines is 1. The van der Waals surface area contributed by atoms with E-state index in [1.54, 1.807) is 6.07 Å². The molecule has 0 unspecified atom stereocenters. The highest BCUT2D eigenvalue weighted by molar-refractivity contribution is 6.09. The highest BCUT2D eigenvalue weighted by atomic mass is 16.1. The number of nitrogens with zero attached hydrogens (tertiary/aromatic N) is 2. The number of aryl methyl sites for hydroxylation is 2. The number of aromatic nitrogens is 3. The monoisotopic (exact) mass is 397 g/mol. The Hall–Kier alpha value is -3.67. The Balaban J connectivity index is 1.61. The predicted molar refractivity (Wildman–Crippen MR) is 118 cm³/mol. The molecule has 2 heterocycles. The van der Waals surface area contributed by atoms with Crippen molar-refractivity contribution in [2.24, 2.45) is 5.73 Å². The Bertz CT molecular complexity index is 1260. The number of primary amides is 1. The van der Waals surface area contributed by atoms with Crippen molar-refractivity contribution in [2.45, 2.75) is 32.7 Å². The number of fused-ring (bicyclic) bond motifs is 2. The fraction of sp³-hybridized carbons (Fsp3) is 0.208. The lowest BCUT2D eigenvalue weighted by molar-refractivity contribution is 0.100. The van der Waals surface area contributed by atoms with Crippen LogP contribution < -0.4 is 11.1 Å². The Morgan fingerprint density at radius 2 is 1.93 bits per heavy atom. The van der Waals surface area contributed by atoms with E-state index >= 15 is 0 Å². The number of carbonyl (C=O) groups excluding carboxylic acids is 1. The highest BCUT2D eigenvalue weighted by Gasteiger charge is 2.23. The lowest BCUT2D eigenvalue weighted by atomic mass is 10.1. The summed E-state index contributed by atoms with van der Waals surface area (Å²) in [5, 5.41) is 4.44. The zero-order valence-corrected chi connectivity index (χ0v) is 16.8.